The quantitative estimate of drug-likeness (QED) is 0.721. The van der Waals surface area contributed by atoms with Gasteiger partial charge in [0.05, 0.1) is 24.2 Å². The zero-order valence-corrected chi connectivity index (χ0v) is 14.2. The molecule has 1 aromatic heterocycles. The standard InChI is InChI=1S/C21H20N2O2/c1-25-17-11-9-15(10-12-17)19-8-4-14-23(19)21(24)18-7-2-5-16-6-3-13-22-20(16)18/h2-3,5-7,9-13,19H,4,8,14H2,1H3. The molecule has 4 heteroatoms. The molecule has 1 unspecified atom stereocenters. The van der Waals surface area contributed by atoms with E-state index in [9.17, 15) is 4.79 Å². The molecule has 1 amide bonds. The van der Waals surface area contributed by atoms with Crippen LogP contribution in [0, 0.1) is 0 Å². The number of ether oxygens (including phenoxy) is 1. The lowest BCUT2D eigenvalue weighted by Crippen LogP contribution is -2.30. The third-order valence-corrected chi connectivity index (χ3v) is 4.88. The Kier molecular flexibility index (Phi) is 4.10. The van der Waals surface area contributed by atoms with Crippen molar-refractivity contribution in [3.63, 3.8) is 0 Å². The van der Waals surface area contributed by atoms with Crippen molar-refractivity contribution in [2.24, 2.45) is 0 Å². The van der Waals surface area contributed by atoms with Crippen molar-refractivity contribution in [3.8, 4) is 5.75 Å². The Balaban J connectivity index is 1.68. The molecule has 1 aliphatic rings. The van der Waals surface area contributed by atoms with Crippen LogP contribution in [-0.2, 0) is 0 Å². The van der Waals surface area contributed by atoms with Crippen LogP contribution in [0.15, 0.2) is 60.8 Å². The van der Waals surface area contributed by atoms with Gasteiger partial charge in [-0.25, -0.2) is 0 Å². The summed E-state index contributed by atoms with van der Waals surface area (Å²) in [6.07, 6.45) is 3.74. The number of aromatic nitrogens is 1. The number of carbonyl (C=O) groups excluding carboxylic acids is 1. The molecule has 126 valence electrons. The molecular formula is C21H20N2O2. The van der Waals surface area contributed by atoms with Crippen molar-refractivity contribution >= 4 is 16.8 Å². The Labute approximate surface area is 147 Å². The van der Waals surface area contributed by atoms with E-state index in [0.29, 0.717) is 5.56 Å². The van der Waals surface area contributed by atoms with Crippen LogP contribution in [0.5, 0.6) is 5.75 Å². The van der Waals surface area contributed by atoms with E-state index in [1.807, 2.05) is 47.4 Å². The molecule has 0 N–H and O–H groups in total. The SMILES string of the molecule is COc1ccc(C2CCCN2C(=O)c2cccc3cccnc23)cc1. The molecule has 4 nitrogen and oxygen atoms in total. The Hall–Kier alpha value is -2.88. The monoisotopic (exact) mass is 332 g/mol. The number of nitrogens with zero attached hydrogens (tertiary/aromatic N) is 2. The highest BCUT2D eigenvalue weighted by Gasteiger charge is 2.31. The Morgan fingerprint density at radius 1 is 1.12 bits per heavy atom. The fourth-order valence-electron chi connectivity index (χ4n) is 3.61. The zero-order valence-electron chi connectivity index (χ0n) is 14.2. The summed E-state index contributed by atoms with van der Waals surface area (Å²) in [6.45, 7) is 0.777. The summed E-state index contributed by atoms with van der Waals surface area (Å²) in [6, 6.07) is 17.8. The van der Waals surface area contributed by atoms with Gasteiger partial charge in [0.15, 0.2) is 0 Å². The largest absolute Gasteiger partial charge is 0.497 e. The predicted octanol–water partition coefficient (Wildman–Crippen LogP) is 4.22. The summed E-state index contributed by atoms with van der Waals surface area (Å²) >= 11 is 0. The van der Waals surface area contributed by atoms with Crippen LogP contribution in [0.1, 0.15) is 34.8 Å². The van der Waals surface area contributed by atoms with Crippen molar-refractivity contribution in [1.29, 1.82) is 0 Å². The molecule has 0 aliphatic carbocycles. The third-order valence-electron chi connectivity index (χ3n) is 4.88. The first kappa shape index (κ1) is 15.6. The number of rotatable bonds is 3. The Morgan fingerprint density at radius 2 is 1.92 bits per heavy atom. The summed E-state index contributed by atoms with van der Waals surface area (Å²) in [5.74, 6) is 0.889. The van der Waals surface area contributed by atoms with E-state index in [1.54, 1.807) is 13.3 Å². The second kappa shape index (κ2) is 6.55. The molecule has 0 bridgehead atoms. The average molecular weight is 332 g/mol. The van der Waals surface area contributed by atoms with Crippen molar-refractivity contribution in [3.05, 3.63) is 71.9 Å². The zero-order chi connectivity index (χ0) is 17.2. The van der Waals surface area contributed by atoms with Crippen LogP contribution in [0.2, 0.25) is 0 Å². The Bertz CT molecular complexity index is 900. The van der Waals surface area contributed by atoms with Crippen LogP contribution >= 0.6 is 0 Å². The van der Waals surface area contributed by atoms with Crippen LogP contribution < -0.4 is 4.74 Å². The van der Waals surface area contributed by atoms with Gasteiger partial charge in [-0.1, -0.05) is 30.3 Å². The number of likely N-dealkylation sites (tertiary alicyclic amines) is 1. The molecule has 0 radical (unpaired) electrons. The number of hydrogen-bond donors (Lipinski definition) is 0. The third kappa shape index (κ3) is 2.84. The lowest BCUT2D eigenvalue weighted by Gasteiger charge is -2.25. The highest BCUT2D eigenvalue weighted by atomic mass is 16.5. The number of hydrogen-bond acceptors (Lipinski definition) is 3. The van der Waals surface area contributed by atoms with Crippen molar-refractivity contribution in [2.75, 3.05) is 13.7 Å². The van der Waals surface area contributed by atoms with Gasteiger partial charge in [-0.3, -0.25) is 9.78 Å². The number of pyridine rings is 1. The molecule has 1 saturated heterocycles. The van der Waals surface area contributed by atoms with Crippen LogP contribution in [0.25, 0.3) is 10.9 Å². The second-order valence-electron chi connectivity index (χ2n) is 6.31. The first-order chi connectivity index (χ1) is 12.3. The molecule has 1 atom stereocenters. The van der Waals surface area contributed by atoms with Gasteiger partial charge < -0.3 is 9.64 Å². The van der Waals surface area contributed by atoms with E-state index < -0.39 is 0 Å². The summed E-state index contributed by atoms with van der Waals surface area (Å²) in [5, 5.41) is 0.994. The van der Waals surface area contributed by atoms with E-state index in [0.717, 1.165) is 41.6 Å². The maximum atomic E-state index is 13.2. The van der Waals surface area contributed by atoms with Crippen molar-refractivity contribution in [2.45, 2.75) is 18.9 Å². The van der Waals surface area contributed by atoms with Gasteiger partial charge in [0.1, 0.15) is 5.75 Å². The van der Waals surface area contributed by atoms with Gasteiger partial charge in [-0.05, 0) is 42.7 Å². The van der Waals surface area contributed by atoms with Gasteiger partial charge in [0, 0.05) is 18.1 Å². The second-order valence-corrected chi connectivity index (χ2v) is 6.31. The number of methoxy groups -OCH3 is 1. The minimum atomic E-state index is 0.0580. The topological polar surface area (TPSA) is 42.4 Å². The highest BCUT2D eigenvalue weighted by Crippen LogP contribution is 2.34. The van der Waals surface area contributed by atoms with Gasteiger partial charge >= 0.3 is 0 Å². The molecule has 25 heavy (non-hydrogen) atoms. The van der Waals surface area contributed by atoms with E-state index in [4.69, 9.17) is 4.74 Å². The maximum Gasteiger partial charge on any atom is 0.256 e. The minimum absolute atomic E-state index is 0.0580. The Morgan fingerprint density at radius 3 is 2.72 bits per heavy atom. The normalized spacial score (nSPS) is 17.0. The lowest BCUT2D eigenvalue weighted by atomic mass is 10.0. The molecule has 3 aromatic rings. The van der Waals surface area contributed by atoms with Gasteiger partial charge in [0.25, 0.3) is 5.91 Å². The molecule has 0 saturated carbocycles. The number of carbonyl (C=O) groups is 1. The molecule has 2 heterocycles. The highest BCUT2D eigenvalue weighted by molar-refractivity contribution is 6.05. The fraction of sp³-hybridized carbons (Fsp3) is 0.238. The van der Waals surface area contributed by atoms with Gasteiger partial charge in [-0.2, -0.15) is 0 Å². The van der Waals surface area contributed by atoms with Crippen LogP contribution in [0.4, 0.5) is 0 Å². The van der Waals surface area contributed by atoms with Crippen molar-refractivity contribution < 1.29 is 9.53 Å². The molecule has 4 rings (SSSR count). The molecular weight excluding hydrogens is 312 g/mol. The molecule has 2 aromatic carbocycles. The van der Waals surface area contributed by atoms with E-state index >= 15 is 0 Å². The number of para-hydroxylation sites is 1. The molecule has 1 aliphatic heterocycles. The fourth-order valence-corrected chi connectivity index (χ4v) is 3.61. The van der Waals surface area contributed by atoms with Crippen LogP contribution in [-0.4, -0.2) is 29.4 Å². The van der Waals surface area contributed by atoms with E-state index in [2.05, 4.69) is 17.1 Å². The van der Waals surface area contributed by atoms with Crippen LogP contribution in [0.3, 0.4) is 0 Å². The average Bonchev–Trinajstić information content (AvgIpc) is 3.17. The summed E-state index contributed by atoms with van der Waals surface area (Å²) in [5.41, 5.74) is 2.61. The van der Waals surface area contributed by atoms with Crippen molar-refractivity contribution in [1.82, 2.24) is 9.88 Å². The number of amides is 1. The smallest absolute Gasteiger partial charge is 0.256 e. The van der Waals surface area contributed by atoms with E-state index in [1.165, 1.54) is 0 Å². The summed E-state index contributed by atoms with van der Waals surface area (Å²) < 4.78 is 5.23. The van der Waals surface area contributed by atoms with Gasteiger partial charge in [0.2, 0.25) is 0 Å². The maximum absolute atomic E-state index is 13.2. The first-order valence-corrected chi connectivity index (χ1v) is 8.56. The summed E-state index contributed by atoms with van der Waals surface area (Å²) in [7, 11) is 1.66. The lowest BCUT2D eigenvalue weighted by molar-refractivity contribution is 0.0737. The first-order valence-electron chi connectivity index (χ1n) is 8.56. The van der Waals surface area contributed by atoms with Gasteiger partial charge in [-0.15, -0.1) is 0 Å². The number of fused-ring (bicyclic) bond motifs is 1. The minimum Gasteiger partial charge on any atom is -0.497 e. The van der Waals surface area contributed by atoms with E-state index in [-0.39, 0.29) is 11.9 Å². The summed E-state index contributed by atoms with van der Waals surface area (Å²) in [4.78, 5) is 19.6. The predicted molar refractivity (Wildman–Crippen MR) is 97.7 cm³/mol. The molecule has 0 spiro atoms. The molecule has 1 fully saturated rings. The number of benzene rings is 2.